The lowest BCUT2D eigenvalue weighted by Gasteiger charge is -2.43. The van der Waals surface area contributed by atoms with Gasteiger partial charge in [-0.3, -0.25) is 5.32 Å². The van der Waals surface area contributed by atoms with Gasteiger partial charge in [0.2, 0.25) is 0 Å². The third-order valence-electron chi connectivity index (χ3n) is 3.03. The van der Waals surface area contributed by atoms with Crippen LogP contribution in [-0.2, 0) is 9.47 Å². The molecular formula is C11H25NO2Si. The third kappa shape index (κ3) is 3.28. The van der Waals surface area contributed by atoms with E-state index in [2.05, 4.69) is 19.2 Å². The highest BCUT2D eigenvalue weighted by molar-refractivity contribution is 6.08. The van der Waals surface area contributed by atoms with Gasteiger partial charge in [0.1, 0.15) is 5.72 Å². The molecule has 2 unspecified atom stereocenters. The number of ether oxygens (including phenoxy) is 2. The molecule has 4 heteroatoms. The summed E-state index contributed by atoms with van der Waals surface area (Å²) in [5.74, 6) is 0. The average Bonchev–Trinajstić information content (AvgIpc) is 2.23. The van der Waals surface area contributed by atoms with Crippen LogP contribution in [0.5, 0.6) is 0 Å². The summed E-state index contributed by atoms with van der Waals surface area (Å²) in [5, 5.41) is 3.55. The first-order valence-corrected chi connectivity index (χ1v) is 7.71. The summed E-state index contributed by atoms with van der Waals surface area (Å²) in [6, 6.07) is 0. The van der Waals surface area contributed by atoms with E-state index in [0.29, 0.717) is 0 Å². The van der Waals surface area contributed by atoms with Crippen LogP contribution >= 0.6 is 0 Å². The van der Waals surface area contributed by atoms with Gasteiger partial charge < -0.3 is 9.47 Å². The number of nitrogens with one attached hydrogen (secondary N) is 1. The van der Waals surface area contributed by atoms with Crippen molar-refractivity contribution >= 4 is 10.2 Å². The first-order valence-electron chi connectivity index (χ1n) is 6.29. The Morgan fingerprint density at radius 1 is 1.33 bits per heavy atom. The summed E-state index contributed by atoms with van der Waals surface area (Å²) in [4.78, 5) is 0. The fraction of sp³-hybridized carbons (Fsp3) is 1.00. The van der Waals surface area contributed by atoms with Crippen molar-refractivity contribution in [1.82, 2.24) is 5.32 Å². The molecule has 0 aliphatic heterocycles. The number of hydrogen-bond donors (Lipinski definition) is 1. The molecule has 0 aromatic carbocycles. The van der Waals surface area contributed by atoms with E-state index in [9.17, 15) is 0 Å². The molecule has 1 rings (SSSR count). The highest BCUT2D eigenvalue weighted by Crippen LogP contribution is 2.31. The van der Waals surface area contributed by atoms with Crippen LogP contribution in [0.2, 0.25) is 0 Å². The van der Waals surface area contributed by atoms with Crippen molar-refractivity contribution in [1.29, 1.82) is 0 Å². The molecule has 0 aromatic rings. The molecule has 0 spiro atoms. The third-order valence-corrected chi connectivity index (χ3v) is 3.38. The molecule has 0 amide bonds. The zero-order chi connectivity index (χ0) is 11.1. The first-order chi connectivity index (χ1) is 7.29. The molecule has 2 atom stereocenters. The van der Waals surface area contributed by atoms with Crippen LogP contribution in [0, 0.1) is 0 Å². The van der Waals surface area contributed by atoms with Gasteiger partial charge in [-0.15, -0.1) is 0 Å². The second-order valence-corrected chi connectivity index (χ2v) is 4.75. The average molecular weight is 231 g/mol. The lowest BCUT2D eigenvalue weighted by Crippen LogP contribution is -2.59. The van der Waals surface area contributed by atoms with Crippen LogP contribution < -0.4 is 5.32 Å². The highest BCUT2D eigenvalue weighted by atomic mass is 28.1. The van der Waals surface area contributed by atoms with Crippen molar-refractivity contribution in [3.05, 3.63) is 0 Å². The monoisotopic (exact) mass is 231 g/mol. The van der Waals surface area contributed by atoms with Crippen LogP contribution in [0.3, 0.4) is 0 Å². The van der Waals surface area contributed by atoms with Crippen molar-refractivity contribution in [3.8, 4) is 0 Å². The Balaban J connectivity index is 2.68. The minimum atomic E-state index is -0.190. The van der Waals surface area contributed by atoms with Gasteiger partial charge in [0.05, 0.1) is 6.10 Å². The van der Waals surface area contributed by atoms with Crippen LogP contribution in [-0.4, -0.2) is 41.5 Å². The maximum absolute atomic E-state index is 5.96. The van der Waals surface area contributed by atoms with E-state index in [-0.39, 0.29) is 11.8 Å². The first kappa shape index (κ1) is 13.2. The van der Waals surface area contributed by atoms with Crippen molar-refractivity contribution in [2.75, 3.05) is 19.4 Å². The molecule has 0 bridgehead atoms. The fourth-order valence-corrected chi connectivity index (χ4v) is 3.10. The molecule has 1 fully saturated rings. The van der Waals surface area contributed by atoms with E-state index in [1.165, 1.54) is 12.8 Å². The van der Waals surface area contributed by atoms with Crippen LogP contribution in [0.1, 0.15) is 39.5 Å². The Hall–Kier alpha value is 0.0969. The molecule has 15 heavy (non-hydrogen) atoms. The minimum Gasteiger partial charge on any atom is -0.374 e. The maximum atomic E-state index is 5.96. The quantitative estimate of drug-likeness (QED) is 0.537. The number of hydrogen-bond acceptors (Lipinski definition) is 3. The number of rotatable bonds is 6. The Morgan fingerprint density at radius 2 is 2.13 bits per heavy atom. The molecule has 1 aliphatic rings. The molecule has 0 radical (unpaired) electrons. The van der Waals surface area contributed by atoms with Gasteiger partial charge in [-0.05, 0) is 39.3 Å². The largest absolute Gasteiger partial charge is 0.374 e. The summed E-state index contributed by atoms with van der Waals surface area (Å²) in [7, 11) is 1.16. The molecular weight excluding hydrogens is 206 g/mol. The fourth-order valence-electron chi connectivity index (χ4n) is 2.51. The van der Waals surface area contributed by atoms with Crippen LogP contribution in [0.4, 0.5) is 0 Å². The van der Waals surface area contributed by atoms with Gasteiger partial charge in [-0.1, -0.05) is 6.42 Å². The van der Waals surface area contributed by atoms with Crippen molar-refractivity contribution in [2.45, 2.75) is 51.4 Å². The van der Waals surface area contributed by atoms with Gasteiger partial charge in [-0.25, -0.2) is 0 Å². The van der Waals surface area contributed by atoms with Gasteiger partial charge in [0.15, 0.2) is 0 Å². The predicted molar refractivity (Wildman–Crippen MR) is 66.2 cm³/mol. The van der Waals surface area contributed by atoms with E-state index >= 15 is 0 Å². The summed E-state index contributed by atoms with van der Waals surface area (Å²) >= 11 is 0. The normalized spacial score (nSPS) is 32.0. The van der Waals surface area contributed by atoms with E-state index in [0.717, 1.165) is 42.5 Å². The second kappa shape index (κ2) is 6.63. The zero-order valence-electron chi connectivity index (χ0n) is 10.3. The summed E-state index contributed by atoms with van der Waals surface area (Å²) in [6.45, 7) is 5.67. The van der Waals surface area contributed by atoms with E-state index in [1.54, 1.807) is 0 Å². The van der Waals surface area contributed by atoms with Gasteiger partial charge in [0, 0.05) is 23.5 Å². The topological polar surface area (TPSA) is 30.5 Å². The summed E-state index contributed by atoms with van der Waals surface area (Å²) in [6.07, 6.45) is 6.05. The van der Waals surface area contributed by atoms with Gasteiger partial charge in [0.25, 0.3) is 0 Å². The van der Waals surface area contributed by atoms with Crippen molar-refractivity contribution in [3.63, 3.8) is 0 Å². The van der Waals surface area contributed by atoms with Crippen LogP contribution in [0.15, 0.2) is 0 Å². The van der Waals surface area contributed by atoms with Crippen LogP contribution in [0.25, 0.3) is 0 Å². The highest BCUT2D eigenvalue weighted by Gasteiger charge is 2.41. The molecule has 1 N–H and O–H groups in total. The smallest absolute Gasteiger partial charge is 0.145 e. The summed E-state index contributed by atoms with van der Waals surface area (Å²) in [5.41, 5.74) is -0.190. The molecule has 0 aromatic heterocycles. The molecule has 0 saturated heterocycles. The van der Waals surface area contributed by atoms with Crippen molar-refractivity contribution in [2.24, 2.45) is 0 Å². The van der Waals surface area contributed by atoms with Crippen molar-refractivity contribution < 1.29 is 9.47 Å². The molecule has 1 saturated carbocycles. The van der Waals surface area contributed by atoms with Gasteiger partial charge in [-0.2, -0.15) is 0 Å². The standard InChI is InChI=1S/C11H25NO2Si/c1-3-13-10-7-5-6-8-11(10,12-9-15)14-4-2/h10,12H,3-9H2,1-2,15H3. The lowest BCUT2D eigenvalue weighted by molar-refractivity contribution is -0.176. The second-order valence-electron chi connectivity index (χ2n) is 4.04. The molecule has 1 aliphatic carbocycles. The lowest BCUT2D eigenvalue weighted by atomic mass is 9.88. The zero-order valence-corrected chi connectivity index (χ0v) is 12.3. The predicted octanol–water partition coefficient (Wildman–Crippen LogP) is 0.611. The van der Waals surface area contributed by atoms with E-state index in [4.69, 9.17) is 9.47 Å². The molecule has 0 heterocycles. The SMILES string of the molecule is CCOC1CCCCC1(NC[SiH3])OCC. The minimum absolute atomic E-state index is 0.190. The Bertz CT molecular complexity index is 164. The summed E-state index contributed by atoms with van der Waals surface area (Å²) < 4.78 is 11.8. The van der Waals surface area contributed by atoms with Gasteiger partial charge >= 0.3 is 0 Å². The van der Waals surface area contributed by atoms with E-state index < -0.39 is 0 Å². The Morgan fingerprint density at radius 3 is 2.73 bits per heavy atom. The van der Waals surface area contributed by atoms with E-state index in [1.807, 2.05) is 0 Å². The Labute approximate surface area is 96.3 Å². The Kier molecular flexibility index (Phi) is 5.82. The molecule has 3 nitrogen and oxygen atoms in total. The maximum Gasteiger partial charge on any atom is 0.145 e. The molecule has 90 valence electrons.